The number of benzene rings is 2. The van der Waals surface area contributed by atoms with Gasteiger partial charge in [-0.05, 0) is 29.3 Å². The lowest BCUT2D eigenvalue weighted by Gasteiger charge is -2.34. The van der Waals surface area contributed by atoms with E-state index in [1.807, 2.05) is 53.4 Å². The van der Waals surface area contributed by atoms with Crippen LogP contribution in [0.5, 0.6) is 5.75 Å². The van der Waals surface area contributed by atoms with Crippen LogP contribution in [0.15, 0.2) is 48.5 Å². The Labute approximate surface area is 158 Å². The van der Waals surface area contributed by atoms with E-state index in [4.69, 9.17) is 4.74 Å². The third kappa shape index (κ3) is 3.89. The van der Waals surface area contributed by atoms with Crippen molar-refractivity contribution in [3.63, 3.8) is 0 Å². The summed E-state index contributed by atoms with van der Waals surface area (Å²) in [5, 5.41) is 2.94. The number of piperazine rings is 1. The molecule has 0 unspecified atom stereocenters. The molecule has 0 aliphatic carbocycles. The van der Waals surface area contributed by atoms with Gasteiger partial charge in [0.1, 0.15) is 5.75 Å². The minimum atomic E-state index is -0.0827. The lowest BCUT2D eigenvalue weighted by molar-refractivity contribution is 0.0665. The first kappa shape index (κ1) is 17.4. The number of ether oxygens (including phenoxy) is 1. The SMILES string of the molecule is O=C(NCc1ccccc1)N1CCN(C(=O)c2ccc3c(c2)CCO3)CC1. The number of nitrogens with zero attached hydrogens (tertiary/aromatic N) is 2. The number of rotatable bonds is 3. The van der Waals surface area contributed by atoms with E-state index >= 15 is 0 Å². The third-order valence-electron chi connectivity index (χ3n) is 5.08. The Bertz CT molecular complexity index is 830. The second kappa shape index (κ2) is 7.70. The quantitative estimate of drug-likeness (QED) is 0.908. The van der Waals surface area contributed by atoms with Crippen LogP contribution in [0.3, 0.4) is 0 Å². The van der Waals surface area contributed by atoms with Crippen LogP contribution in [0, 0.1) is 0 Å². The molecule has 6 nitrogen and oxygen atoms in total. The summed E-state index contributed by atoms with van der Waals surface area (Å²) in [7, 11) is 0. The number of nitrogens with one attached hydrogen (secondary N) is 1. The number of urea groups is 1. The van der Waals surface area contributed by atoms with E-state index in [-0.39, 0.29) is 11.9 Å². The molecule has 0 radical (unpaired) electrons. The molecule has 0 saturated carbocycles. The first-order valence-corrected chi connectivity index (χ1v) is 9.32. The average Bonchev–Trinajstić information content (AvgIpc) is 3.20. The van der Waals surface area contributed by atoms with E-state index < -0.39 is 0 Å². The summed E-state index contributed by atoms with van der Waals surface area (Å²) in [6.07, 6.45) is 0.853. The molecule has 0 aromatic heterocycles. The summed E-state index contributed by atoms with van der Waals surface area (Å²) in [5.74, 6) is 0.903. The molecule has 0 atom stereocenters. The fraction of sp³-hybridized carbons (Fsp3) is 0.333. The average molecular weight is 365 g/mol. The van der Waals surface area contributed by atoms with Crippen LogP contribution in [-0.2, 0) is 13.0 Å². The van der Waals surface area contributed by atoms with Crippen molar-refractivity contribution in [1.82, 2.24) is 15.1 Å². The van der Waals surface area contributed by atoms with Crippen LogP contribution in [0.1, 0.15) is 21.5 Å². The van der Waals surface area contributed by atoms with Crippen molar-refractivity contribution >= 4 is 11.9 Å². The van der Waals surface area contributed by atoms with Gasteiger partial charge in [0.25, 0.3) is 5.91 Å². The van der Waals surface area contributed by atoms with Crippen molar-refractivity contribution in [3.05, 3.63) is 65.2 Å². The molecule has 2 aromatic rings. The smallest absolute Gasteiger partial charge is 0.317 e. The number of fused-ring (bicyclic) bond motifs is 1. The number of carbonyl (C=O) groups excluding carboxylic acids is 2. The predicted octanol–water partition coefficient (Wildman–Crippen LogP) is 2.29. The first-order chi connectivity index (χ1) is 13.2. The van der Waals surface area contributed by atoms with Gasteiger partial charge in [0.2, 0.25) is 0 Å². The van der Waals surface area contributed by atoms with E-state index in [0.717, 1.165) is 23.3 Å². The number of carbonyl (C=O) groups is 2. The summed E-state index contributed by atoms with van der Waals surface area (Å²) in [6.45, 7) is 3.37. The van der Waals surface area contributed by atoms with Gasteiger partial charge < -0.3 is 19.9 Å². The Morgan fingerprint density at radius 1 is 0.963 bits per heavy atom. The van der Waals surface area contributed by atoms with Crippen LogP contribution >= 0.6 is 0 Å². The molecule has 1 saturated heterocycles. The van der Waals surface area contributed by atoms with E-state index in [1.165, 1.54) is 0 Å². The van der Waals surface area contributed by atoms with E-state index in [0.29, 0.717) is 44.9 Å². The highest BCUT2D eigenvalue weighted by Gasteiger charge is 2.25. The molecule has 4 rings (SSSR count). The maximum atomic E-state index is 12.8. The zero-order valence-electron chi connectivity index (χ0n) is 15.2. The fourth-order valence-electron chi connectivity index (χ4n) is 3.50. The van der Waals surface area contributed by atoms with Crippen LogP contribution in [0.4, 0.5) is 4.79 Å². The van der Waals surface area contributed by atoms with E-state index in [2.05, 4.69) is 5.32 Å². The summed E-state index contributed by atoms with van der Waals surface area (Å²) < 4.78 is 5.50. The third-order valence-corrected chi connectivity index (χ3v) is 5.08. The minimum absolute atomic E-state index is 0.0223. The Kier molecular flexibility index (Phi) is 4.96. The molecule has 2 aliphatic heterocycles. The summed E-state index contributed by atoms with van der Waals surface area (Å²) in [5.41, 5.74) is 2.86. The largest absolute Gasteiger partial charge is 0.493 e. The van der Waals surface area contributed by atoms with Gasteiger partial charge in [0.05, 0.1) is 6.61 Å². The minimum Gasteiger partial charge on any atom is -0.493 e. The van der Waals surface area contributed by atoms with Gasteiger partial charge in [-0.3, -0.25) is 4.79 Å². The molecule has 1 N–H and O–H groups in total. The maximum Gasteiger partial charge on any atom is 0.317 e. The van der Waals surface area contributed by atoms with Gasteiger partial charge in [-0.2, -0.15) is 0 Å². The van der Waals surface area contributed by atoms with Crippen molar-refractivity contribution in [1.29, 1.82) is 0 Å². The second-order valence-electron chi connectivity index (χ2n) is 6.84. The predicted molar refractivity (Wildman–Crippen MR) is 102 cm³/mol. The van der Waals surface area contributed by atoms with Gasteiger partial charge in [0, 0.05) is 44.7 Å². The summed E-state index contributed by atoms with van der Waals surface area (Å²) in [4.78, 5) is 28.7. The van der Waals surface area contributed by atoms with Crippen LogP contribution < -0.4 is 10.1 Å². The summed E-state index contributed by atoms with van der Waals surface area (Å²) in [6, 6.07) is 15.4. The van der Waals surface area contributed by atoms with Gasteiger partial charge in [0.15, 0.2) is 0 Å². The van der Waals surface area contributed by atoms with Crippen LogP contribution in [0.2, 0.25) is 0 Å². The molecular weight excluding hydrogens is 342 g/mol. The summed E-state index contributed by atoms with van der Waals surface area (Å²) >= 11 is 0. The van der Waals surface area contributed by atoms with Crippen molar-refractivity contribution in [2.75, 3.05) is 32.8 Å². The topological polar surface area (TPSA) is 61.9 Å². The molecule has 140 valence electrons. The van der Waals surface area contributed by atoms with Crippen molar-refractivity contribution in [2.45, 2.75) is 13.0 Å². The maximum absolute atomic E-state index is 12.8. The number of amides is 3. The molecule has 2 aromatic carbocycles. The molecular formula is C21H23N3O3. The lowest BCUT2D eigenvalue weighted by Crippen LogP contribution is -2.53. The second-order valence-corrected chi connectivity index (χ2v) is 6.84. The molecule has 2 aliphatic rings. The zero-order chi connectivity index (χ0) is 18.6. The normalized spacial score (nSPS) is 15.9. The molecule has 0 spiro atoms. The Morgan fingerprint density at radius 3 is 2.48 bits per heavy atom. The standard InChI is InChI=1S/C21H23N3O3/c25-20(18-6-7-19-17(14-18)8-13-27-19)23-9-11-24(12-10-23)21(26)22-15-16-4-2-1-3-5-16/h1-7,14H,8-13,15H2,(H,22,26). The fourth-order valence-corrected chi connectivity index (χ4v) is 3.50. The molecule has 27 heavy (non-hydrogen) atoms. The number of hydrogen-bond donors (Lipinski definition) is 1. The van der Waals surface area contributed by atoms with E-state index in [1.54, 1.807) is 4.90 Å². The van der Waals surface area contributed by atoms with Crippen LogP contribution in [0.25, 0.3) is 0 Å². The van der Waals surface area contributed by atoms with E-state index in [9.17, 15) is 9.59 Å². The van der Waals surface area contributed by atoms with Gasteiger partial charge in [-0.1, -0.05) is 30.3 Å². The van der Waals surface area contributed by atoms with Crippen molar-refractivity contribution < 1.29 is 14.3 Å². The number of hydrogen-bond acceptors (Lipinski definition) is 3. The van der Waals surface area contributed by atoms with Gasteiger partial charge in [-0.25, -0.2) is 4.79 Å². The molecule has 3 amide bonds. The van der Waals surface area contributed by atoms with Gasteiger partial charge >= 0.3 is 6.03 Å². The Balaban J connectivity index is 1.29. The Morgan fingerprint density at radius 2 is 1.70 bits per heavy atom. The lowest BCUT2D eigenvalue weighted by atomic mass is 10.1. The van der Waals surface area contributed by atoms with Crippen molar-refractivity contribution in [2.24, 2.45) is 0 Å². The van der Waals surface area contributed by atoms with Crippen molar-refractivity contribution in [3.8, 4) is 5.75 Å². The van der Waals surface area contributed by atoms with Gasteiger partial charge in [-0.15, -0.1) is 0 Å². The highest BCUT2D eigenvalue weighted by atomic mass is 16.5. The zero-order valence-corrected chi connectivity index (χ0v) is 15.2. The molecule has 2 heterocycles. The highest BCUT2D eigenvalue weighted by molar-refractivity contribution is 5.95. The first-order valence-electron chi connectivity index (χ1n) is 9.32. The molecule has 1 fully saturated rings. The molecule has 6 heteroatoms. The monoisotopic (exact) mass is 365 g/mol. The Hall–Kier alpha value is -3.02. The van der Waals surface area contributed by atoms with Crippen LogP contribution in [-0.4, -0.2) is 54.5 Å². The highest BCUT2D eigenvalue weighted by Crippen LogP contribution is 2.26. The molecule has 0 bridgehead atoms.